The fraction of sp³-hybridized carbons (Fsp3) is 0.0455. The molecule has 0 saturated heterocycles. The summed E-state index contributed by atoms with van der Waals surface area (Å²) in [5.41, 5.74) is -0.246. The van der Waals surface area contributed by atoms with Crippen molar-refractivity contribution in [3.05, 3.63) is 104 Å². The van der Waals surface area contributed by atoms with Gasteiger partial charge >= 0.3 is 144 Å². The van der Waals surface area contributed by atoms with E-state index in [-0.39, 0.29) is 5.66 Å². The number of rotatable bonds is 5. The average Bonchev–Trinajstić information content (AvgIpc) is 2.68. The van der Waals surface area contributed by atoms with Gasteiger partial charge in [-0.25, -0.2) is 0 Å². The third kappa shape index (κ3) is 2.67. The molecule has 2 heteroatoms. The van der Waals surface area contributed by atoms with Gasteiger partial charge in [-0.2, -0.15) is 0 Å². The van der Waals surface area contributed by atoms with Crippen molar-refractivity contribution in [2.45, 2.75) is 5.66 Å². The molecule has 0 fully saturated rings. The third-order valence-electron chi connectivity index (χ3n) is 4.53. The zero-order chi connectivity index (χ0) is 16.8. The summed E-state index contributed by atoms with van der Waals surface area (Å²) in [4.78, 5) is 0. The molecule has 1 atom stereocenters. The van der Waals surface area contributed by atoms with Gasteiger partial charge in [0.05, 0.1) is 0 Å². The summed E-state index contributed by atoms with van der Waals surface area (Å²) in [5, 5.41) is 13.7. The monoisotopic (exact) mass is 329 g/mol. The molecule has 1 nitrogen and oxygen atoms in total. The molecule has 3 aromatic carbocycles. The van der Waals surface area contributed by atoms with Gasteiger partial charge in [0.2, 0.25) is 0 Å². The molecule has 0 N–H and O–H groups in total. The number of nitrogens with zero attached hydrogens (tertiary/aromatic N) is 1. The molecule has 24 heavy (non-hydrogen) atoms. The quantitative estimate of drug-likeness (QED) is 0.516. The summed E-state index contributed by atoms with van der Waals surface area (Å²) in [6.07, 6.45) is 1.82. The van der Waals surface area contributed by atoms with E-state index in [1.54, 1.807) is 0 Å². The van der Waals surface area contributed by atoms with E-state index >= 15 is 0 Å². The third-order valence-corrected chi connectivity index (χ3v) is 9.56. The first-order valence-corrected chi connectivity index (χ1v) is 10.1. The number of hydrogen-bond donors (Lipinski definition) is 0. The van der Waals surface area contributed by atoms with E-state index in [1.165, 1.54) is 15.9 Å². The fourth-order valence-electron chi connectivity index (χ4n) is 3.47. The van der Waals surface area contributed by atoms with Gasteiger partial charge in [-0.1, -0.05) is 0 Å². The minimum atomic E-state index is -2.53. The van der Waals surface area contributed by atoms with Crippen LogP contribution in [0.2, 0.25) is 0 Å². The molecule has 0 radical (unpaired) electrons. The Morgan fingerprint density at radius 2 is 1.04 bits per heavy atom. The van der Waals surface area contributed by atoms with E-state index in [2.05, 4.69) is 85.4 Å². The Hall–Kier alpha value is -2.68. The van der Waals surface area contributed by atoms with Crippen molar-refractivity contribution in [3.8, 4) is 6.07 Å². The van der Waals surface area contributed by atoms with Crippen LogP contribution in [0.1, 0.15) is 0 Å². The molecule has 0 amide bonds. The molecule has 118 valence electrons. The van der Waals surface area contributed by atoms with Crippen LogP contribution in [0.5, 0.6) is 0 Å². The van der Waals surface area contributed by atoms with Crippen LogP contribution < -0.4 is 15.9 Å². The van der Waals surface area contributed by atoms with Crippen LogP contribution in [-0.2, 0) is 0 Å². The van der Waals surface area contributed by atoms with Crippen molar-refractivity contribution in [3.63, 3.8) is 0 Å². The molecule has 3 aromatic rings. The molecular formula is C22H20NP. The van der Waals surface area contributed by atoms with Crippen LogP contribution in [-0.4, -0.2) is 5.66 Å². The Bertz CT molecular complexity index is 739. The predicted molar refractivity (Wildman–Crippen MR) is 106 cm³/mol. The number of benzene rings is 3. The minimum absolute atomic E-state index is 0.246. The molecular weight excluding hydrogens is 309 g/mol. The summed E-state index contributed by atoms with van der Waals surface area (Å²) < 4.78 is 0. The van der Waals surface area contributed by atoms with Crippen LogP contribution in [0.3, 0.4) is 0 Å². The van der Waals surface area contributed by atoms with Crippen molar-refractivity contribution < 1.29 is 0 Å². The number of hydrogen-bond acceptors (Lipinski definition) is 1. The molecule has 0 aliphatic rings. The van der Waals surface area contributed by atoms with E-state index in [0.29, 0.717) is 0 Å². The predicted octanol–water partition coefficient (Wildman–Crippen LogP) is 3.79. The molecule has 3 rings (SSSR count). The first-order valence-electron chi connectivity index (χ1n) is 8.02. The molecule has 0 heterocycles. The van der Waals surface area contributed by atoms with Crippen molar-refractivity contribution in [1.29, 1.82) is 5.26 Å². The second-order valence-corrected chi connectivity index (χ2v) is 9.72. The van der Waals surface area contributed by atoms with Crippen molar-refractivity contribution >= 4 is 23.2 Å². The summed E-state index contributed by atoms with van der Waals surface area (Å²) in [5.74, 6) is 0. The van der Waals surface area contributed by atoms with E-state index in [1.807, 2.05) is 24.3 Å². The molecule has 0 bridgehead atoms. The standard InChI is InChI=1S/C22H20NP/c1-2-19(18-23)24(20-12-6-3-7-13-20,21-14-8-4-9-15-21)22-16-10-5-11-17-22/h2-17,19,24H,1H2. The molecule has 0 saturated carbocycles. The topological polar surface area (TPSA) is 23.8 Å². The molecule has 1 unspecified atom stereocenters. The first kappa shape index (κ1) is 16.2. The fourth-order valence-corrected chi connectivity index (χ4v) is 8.25. The SMILES string of the molecule is C=CC(C#N)[PH](c1ccccc1)(c1ccccc1)c1ccccc1. The molecule has 0 aromatic heterocycles. The summed E-state index contributed by atoms with van der Waals surface area (Å²) in [6.45, 7) is 3.99. The maximum absolute atomic E-state index is 9.96. The van der Waals surface area contributed by atoms with Crippen molar-refractivity contribution in [2.75, 3.05) is 0 Å². The molecule has 0 aliphatic carbocycles. The molecule has 0 aliphatic heterocycles. The van der Waals surface area contributed by atoms with Gasteiger partial charge in [-0.15, -0.1) is 0 Å². The summed E-state index contributed by atoms with van der Waals surface area (Å²) >= 11 is 0. The maximum atomic E-state index is 9.96. The Kier molecular flexibility index (Phi) is 4.90. The second-order valence-electron chi connectivity index (χ2n) is 5.75. The number of allylic oxidation sites excluding steroid dienone is 1. The van der Waals surface area contributed by atoms with Crippen LogP contribution >= 0.6 is 7.26 Å². The van der Waals surface area contributed by atoms with Crippen LogP contribution in [0.4, 0.5) is 0 Å². The zero-order valence-corrected chi connectivity index (χ0v) is 14.5. The average molecular weight is 329 g/mol. The summed E-state index contributed by atoms with van der Waals surface area (Å²) in [7, 11) is -2.53. The Labute approximate surface area is 144 Å². The van der Waals surface area contributed by atoms with Crippen LogP contribution in [0.15, 0.2) is 104 Å². The summed E-state index contributed by atoms with van der Waals surface area (Å²) in [6, 6.07) is 33.9. The van der Waals surface area contributed by atoms with Gasteiger partial charge in [0.25, 0.3) is 0 Å². The van der Waals surface area contributed by atoms with Gasteiger partial charge in [0.1, 0.15) is 0 Å². The van der Waals surface area contributed by atoms with Gasteiger partial charge in [0, 0.05) is 0 Å². The van der Waals surface area contributed by atoms with Crippen LogP contribution in [0, 0.1) is 11.3 Å². The van der Waals surface area contributed by atoms with E-state index in [0.717, 1.165) is 0 Å². The first-order chi connectivity index (χ1) is 11.8. The van der Waals surface area contributed by atoms with Gasteiger partial charge in [0.15, 0.2) is 0 Å². The van der Waals surface area contributed by atoms with Gasteiger partial charge in [-0.05, 0) is 0 Å². The van der Waals surface area contributed by atoms with Crippen molar-refractivity contribution in [2.24, 2.45) is 0 Å². The second kappa shape index (κ2) is 7.26. The van der Waals surface area contributed by atoms with Crippen molar-refractivity contribution in [1.82, 2.24) is 0 Å². The zero-order valence-electron chi connectivity index (χ0n) is 13.5. The van der Waals surface area contributed by atoms with E-state index in [9.17, 15) is 5.26 Å². The Morgan fingerprint density at radius 3 is 1.29 bits per heavy atom. The normalized spacial score (nSPS) is 12.8. The van der Waals surface area contributed by atoms with E-state index in [4.69, 9.17) is 0 Å². The Balaban J connectivity index is 2.42. The Morgan fingerprint density at radius 1 is 0.708 bits per heavy atom. The van der Waals surface area contributed by atoms with Crippen LogP contribution in [0.25, 0.3) is 0 Å². The number of nitriles is 1. The molecule has 0 spiro atoms. The van der Waals surface area contributed by atoms with Gasteiger partial charge in [-0.3, -0.25) is 0 Å². The van der Waals surface area contributed by atoms with E-state index < -0.39 is 7.26 Å². The van der Waals surface area contributed by atoms with Gasteiger partial charge < -0.3 is 0 Å².